The van der Waals surface area contributed by atoms with Crippen LogP contribution in [0.5, 0.6) is 5.75 Å². The first-order valence-electron chi connectivity index (χ1n) is 6.89. The molecule has 4 heteroatoms. The molecule has 0 bridgehead atoms. The largest absolute Gasteiger partial charge is 0.496 e. The molecule has 0 unspecified atom stereocenters. The lowest BCUT2D eigenvalue weighted by Gasteiger charge is -2.08. The van der Waals surface area contributed by atoms with Gasteiger partial charge in [-0.15, -0.1) is 0 Å². The van der Waals surface area contributed by atoms with Crippen LogP contribution in [-0.2, 0) is 4.79 Å². The van der Waals surface area contributed by atoms with E-state index < -0.39 is 0 Å². The van der Waals surface area contributed by atoms with Crippen molar-refractivity contribution in [3.05, 3.63) is 63.6 Å². The number of hydrogen-bond donors (Lipinski definition) is 1. The fourth-order valence-electron chi connectivity index (χ4n) is 2.05. The van der Waals surface area contributed by atoms with E-state index in [0.717, 1.165) is 32.6 Å². The molecular weight excluding hydrogens is 342 g/mol. The Morgan fingerprint density at radius 2 is 1.95 bits per heavy atom. The molecule has 2 rings (SSSR count). The minimum atomic E-state index is -0.171. The first-order chi connectivity index (χ1) is 10.5. The Bertz CT molecular complexity index is 723. The van der Waals surface area contributed by atoms with Crippen LogP contribution in [0.3, 0.4) is 0 Å². The number of carbonyl (C=O) groups excluding carboxylic acids is 1. The molecule has 0 heterocycles. The standard InChI is InChI=1S/C18H18BrNO2/c1-12-4-5-13(2)16(10-12)20-18(21)9-6-14-11-15(19)7-8-17(14)22-3/h4-11H,1-3H3,(H,20,21)/b9-6+. The Balaban J connectivity index is 2.15. The number of rotatable bonds is 4. The highest BCUT2D eigenvalue weighted by Gasteiger charge is 2.04. The summed E-state index contributed by atoms with van der Waals surface area (Å²) in [6.45, 7) is 3.97. The van der Waals surface area contributed by atoms with Crippen LogP contribution in [0.25, 0.3) is 6.08 Å². The number of benzene rings is 2. The lowest BCUT2D eigenvalue weighted by molar-refractivity contribution is -0.111. The molecule has 1 amide bonds. The molecule has 0 spiro atoms. The highest BCUT2D eigenvalue weighted by molar-refractivity contribution is 9.10. The molecule has 0 atom stereocenters. The summed E-state index contributed by atoms with van der Waals surface area (Å²) >= 11 is 3.41. The van der Waals surface area contributed by atoms with E-state index in [4.69, 9.17) is 4.74 Å². The van der Waals surface area contributed by atoms with Gasteiger partial charge in [0.2, 0.25) is 5.91 Å². The van der Waals surface area contributed by atoms with Crippen LogP contribution >= 0.6 is 15.9 Å². The molecule has 0 saturated carbocycles. The zero-order valence-electron chi connectivity index (χ0n) is 12.8. The van der Waals surface area contributed by atoms with Crippen molar-refractivity contribution in [1.82, 2.24) is 0 Å². The van der Waals surface area contributed by atoms with Gasteiger partial charge in [0.1, 0.15) is 5.75 Å². The highest BCUT2D eigenvalue weighted by atomic mass is 79.9. The number of anilines is 1. The minimum absolute atomic E-state index is 0.171. The van der Waals surface area contributed by atoms with Crippen LogP contribution in [0, 0.1) is 13.8 Å². The molecule has 0 radical (unpaired) electrons. The van der Waals surface area contributed by atoms with Gasteiger partial charge < -0.3 is 10.1 Å². The van der Waals surface area contributed by atoms with Gasteiger partial charge in [0, 0.05) is 21.8 Å². The van der Waals surface area contributed by atoms with Crippen LogP contribution in [0.15, 0.2) is 46.9 Å². The average molecular weight is 360 g/mol. The average Bonchev–Trinajstić information content (AvgIpc) is 2.49. The molecular formula is C18H18BrNO2. The Morgan fingerprint density at radius 3 is 2.68 bits per heavy atom. The quantitative estimate of drug-likeness (QED) is 0.801. The molecule has 0 aliphatic heterocycles. The predicted octanol–water partition coefficient (Wildman–Crippen LogP) is 4.73. The van der Waals surface area contributed by atoms with Crippen molar-refractivity contribution in [3.63, 3.8) is 0 Å². The van der Waals surface area contributed by atoms with E-state index in [1.54, 1.807) is 13.2 Å². The van der Waals surface area contributed by atoms with Crippen LogP contribution < -0.4 is 10.1 Å². The molecule has 2 aromatic carbocycles. The summed E-state index contributed by atoms with van der Waals surface area (Å²) in [6.07, 6.45) is 3.25. The van der Waals surface area contributed by atoms with Crippen molar-refractivity contribution < 1.29 is 9.53 Å². The second-order valence-corrected chi connectivity index (χ2v) is 5.94. The van der Waals surface area contributed by atoms with Crippen LogP contribution in [0.4, 0.5) is 5.69 Å². The first-order valence-corrected chi connectivity index (χ1v) is 7.69. The number of ether oxygens (including phenoxy) is 1. The molecule has 0 aliphatic carbocycles. The summed E-state index contributed by atoms with van der Waals surface area (Å²) in [5.74, 6) is 0.551. The molecule has 0 aliphatic rings. The van der Waals surface area contributed by atoms with Gasteiger partial charge in [-0.25, -0.2) is 0 Å². The summed E-state index contributed by atoms with van der Waals surface area (Å²) < 4.78 is 6.22. The van der Waals surface area contributed by atoms with Gasteiger partial charge in [-0.3, -0.25) is 4.79 Å². The van der Waals surface area contributed by atoms with Gasteiger partial charge in [0.05, 0.1) is 7.11 Å². The van der Waals surface area contributed by atoms with Gasteiger partial charge in [0.15, 0.2) is 0 Å². The molecule has 2 aromatic rings. The monoisotopic (exact) mass is 359 g/mol. The molecule has 0 aromatic heterocycles. The normalized spacial score (nSPS) is 10.7. The van der Waals surface area contributed by atoms with E-state index >= 15 is 0 Å². The molecule has 114 valence electrons. The molecule has 3 nitrogen and oxygen atoms in total. The van der Waals surface area contributed by atoms with Crippen molar-refractivity contribution in [2.45, 2.75) is 13.8 Å². The summed E-state index contributed by atoms with van der Waals surface area (Å²) in [4.78, 5) is 12.1. The second-order valence-electron chi connectivity index (χ2n) is 5.03. The predicted molar refractivity (Wildman–Crippen MR) is 94.3 cm³/mol. The van der Waals surface area contributed by atoms with Crippen molar-refractivity contribution in [2.75, 3.05) is 12.4 Å². The number of aryl methyl sites for hydroxylation is 2. The molecule has 0 saturated heterocycles. The molecule has 22 heavy (non-hydrogen) atoms. The maximum Gasteiger partial charge on any atom is 0.248 e. The van der Waals surface area contributed by atoms with Crippen molar-refractivity contribution >= 4 is 33.6 Å². The Kier molecular flexibility index (Phi) is 5.39. The van der Waals surface area contributed by atoms with Crippen molar-refractivity contribution in [3.8, 4) is 5.75 Å². The lowest BCUT2D eigenvalue weighted by Crippen LogP contribution is -2.09. The lowest BCUT2D eigenvalue weighted by atomic mass is 10.1. The van der Waals surface area contributed by atoms with Crippen LogP contribution in [0.2, 0.25) is 0 Å². The third-order valence-corrected chi connectivity index (χ3v) is 3.75. The topological polar surface area (TPSA) is 38.3 Å². The Hall–Kier alpha value is -2.07. The molecule has 0 fully saturated rings. The number of methoxy groups -OCH3 is 1. The minimum Gasteiger partial charge on any atom is -0.496 e. The summed E-state index contributed by atoms with van der Waals surface area (Å²) in [5.41, 5.74) is 3.81. The maximum atomic E-state index is 12.1. The number of carbonyl (C=O) groups is 1. The summed E-state index contributed by atoms with van der Waals surface area (Å²) in [6, 6.07) is 11.6. The number of nitrogens with one attached hydrogen (secondary N) is 1. The third kappa shape index (κ3) is 4.21. The SMILES string of the molecule is COc1ccc(Br)cc1/C=C/C(=O)Nc1cc(C)ccc1C. The van der Waals surface area contributed by atoms with E-state index in [-0.39, 0.29) is 5.91 Å². The zero-order valence-corrected chi connectivity index (χ0v) is 14.4. The van der Waals surface area contributed by atoms with Crippen LogP contribution in [0.1, 0.15) is 16.7 Å². The number of halogens is 1. The zero-order chi connectivity index (χ0) is 16.1. The number of amides is 1. The van der Waals surface area contributed by atoms with Gasteiger partial charge in [0.25, 0.3) is 0 Å². The van der Waals surface area contributed by atoms with E-state index in [1.165, 1.54) is 6.08 Å². The Labute approximate surface area is 139 Å². The van der Waals surface area contributed by atoms with Crippen molar-refractivity contribution in [2.24, 2.45) is 0 Å². The summed E-state index contributed by atoms with van der Waals surface area (Å²) in [7, 11) is 1.61. The van der Waals surface area contributed by atoms with Crippen molar-refractivity contribution in [1.29, 1.82) is 0 Å². The first kappa shape index (κ1) is 16.3. The van der Waals surface area contributed by atoms with E-state index in [2.05, 4.69) is 21.2 Å². The fraction of sp³-hybridized carbons (Fsp3) is 0.167. The highest BCUT2D eigenvalue weighted by Crippen LogP contribution is 2.24. The molecule has 1 N–H and O–H groups in total. The second kappa shape index (κ2) is 7.27. The van der Waals surface area contributed by atoms with Gasteiger partial charge >= 0.3 is 0 Å². The van der Waals surface area contributed by atoms with E-state index in [0.29, 0.717) is 0 Å². The summed E-state index contributed by atoms with van der Waals surface area (Å²) in [5, 5.41) is 2.90. The smallest absolute Gasteiger partial charge is 0.248 e. The number of hydrogen-bond acceptors (Lipinski definition) is 2. The van der Waals surface area contributed by atoms with Gasteiger partial charge in [-0.1, -0.05) is 28.1 Å². The van der Waals surface area contributed by atoms with Gasteiger partial charge in [-0.2, -0.15) is 0 Å². The van der Waals surface area contributed by atoms with Gasteiger partial charge in [-0.05, 0) is 55.3 Å². The van der Waals surface area contributed by atoms with E-state index in [9.17, 15) is 4.79 Å². The third-order valence-electron chi connectivity index (χ3n) is 3.26. The maximum absolute atomic E-state index is 12.1. The van der Waals surface area contributed by atoms with E-state index in [1.807, 2.05) is 50.2 Å². The fourth-order valence-corrected chi connectivity index (χ4v) is 2.42. The Morgan fingerprint density at radius 1 is 1.18 bits per heavy atom. The van der Waals surface area contributed by atoms with Crippen LogP contribution in [-0.4, -0.2) is 13.0 Å².